The fourth-order valence-corrected chi connectivity index (χ4v) is 2.64. The predicted molar refractivity (Wildman–Crippen MR) is 94.0 cm³/mol. The zero-order valence-electron chi connectivity index (χ0n) is 12.7. The third kappa shape index (κ3) is 4.81. The van der Waals surface area contributed by atoms with Gasteiger partial charge in [0, 0.05) is 9.50 Å². The van der Waals surface area contributed by atoms with Crippen molar-refractivity contribution < 1.29 is 14.3 Å². The summed E-state index contributed by atoms with van der Waals surface area (Å²) in [6.07, 6.45) is 0. The van der Waals surface area contributed by atoms with Crippen LogP contribution < -0.4 is 5.32 Å². The summed E-state index contributed by atoms with van der Waals surface area (Å²) in [6.45, 7) is 3.57. The van der Waals surface area contributed by atoms with Crippen LogP contribution in [0.15, 0.2) is 40.9 Å². The molecule has 0 aliphatic heterocycles. The lowest BCUT2D eigenvalue weighted by Gasteiger charge is -2.11. The van der Waals surface area contributed by atoms with Gasteiger partial charge in [0.2, 0.25) is 0 Å². The summed E-state index contributed by atoms with van der Waals surface area (Å²) in [6, 6.07) is 10.1. The van der Waals surface area contributed by atoms with Crippen LogP contribution in [0.3, 0.4) is 0 Å². The Hall–Kier alpha value is -1.85. The summed E-state index contributed by atoms with van der Waals surface area (Å²) in [4.78, 5) is 23.8. The highest BCUT2D eigenvalue weighted by Crippen LogP contribution is 2.26. The molecule has 2 rings (SSSR count). The SMILES string of the molecule is Cc1cc(Br)c(NC(=O)COC(=O)c2cccc(Cl)c2)cc1C. The largest absolute Gasteiger partial charge is 0.452 e. The van der Waals surface area contributed by atoms with Gasteiger partial charge in [0.25, 0.3) is 5.91 Å². The monoisotopic (exact) mass is 395 g/mol. The van der Waals surface area contributed by atoms with Gasteiger partial charge in [-0.05, 0) is 71.2 Å². The molecule has 0 atom stereocenters. The Morgan fingerprint density at radius 3 is 2.57 bits per heavy atom. The van der Waals surface area contributed by atoms with Gasteiger partial charge < -0.3 is 10.1 Å². The van der Waals surface area contributed by atoms with E-state index in [1.165, 1.54) is 6.07 Å². The zero-order chi connectivity index (χ0) is 17.0. The number of benzene rings is 2. The lowest BCUT2D eigenvalue weighted by atomic mass is 10.1. The summed E-state index contributed by atoms with van der Waals surface area (Å²) in [7, 11) is 0. The van der Waals surface area contributed by atoms with Gasteiger partial charge in [-0.3, -0.25) is 4.79 Å². The number of hydrogen-bond donors (Lipinski definition) is 1. The smallest absolute Gasteiger partial charge is 0.338 e. The number of aryl methyl sites for hydroxylation is 2. The molecule has 2 aromatic carbocycles. The molecule has 23 heavy (non-hydrogen) atoms. The number of anilines is 1. The highest BCUT2D eigenvalue weighted by Gasteiger charge is 2.12. The van der Waals surface area contributed by atoms with Crippen LogP contribution >= 0.6 is 27.5 Å². The van der Waals surface area contributed by atoms with Crippen molar-refractivity contribution in [3.05, 3.63) is 62.6 Å². The number of carbonyl (C=O) groups excluding carboxylic acids is 2. The van der Waals surface area contributed by atoms with Gasteiger partial charge in [-0.15, -0.1) is 0 Å². The number of hydrogen-bond acceptors (Lipinski definition) is 3. The first-order valence-electron chi connectivity index (χ1n) is 6.86. The van der Waals surface area contributed by atoms with Gasteiger partial charge in [0.05, 0.1) is 11.3 Å². The molecular formula is C17H15BrClNO3. The first-order valence-corrected chi connectivity index (χ1v) is 8.03. The Balaban J connectivity index is 1.95. The maximum atomic E-state index is 11.9. The first-order chi connectivity index (χ1) is 10.9. The molecule has 4 nitrogen and oxygen atoms in total. The molecule has 0 aliphatic carbocycles. The lowest BCUT2D eigenvalue weighted by Crippen LogP contribution is -2.21. The van der Waals surface area contributed by atoms with Crippen molar-refractivity contribution in [1.29, 1.82) is 0 Å². The summed E-state index contributed by atoms with van der Waals surface area (Å²) >= 11 is 9.21. The minimum atomic E-state index is -0.596. The van der Waals surface area contributed by atoms with Gasteiger partial charge in [-0.2, -0.15) is 0 Å². The second-order valence-corrected chi connectivity index (χ2v) is 6.34. The van der Waals surface area contributed by atoms with Crippen LogP contribution in [0, 0.1) is 13.8 Å². The van der Waals surface area contributed by atoms with E-state index in [9.17, 15) is 9.59 Å². The summed E-state index contributed by atoms with van der Waals surface area (Å²) in [5, 5.41) is 3.14. The van der Waals surface area contributed by atoms with E-state index in [1.807, 2.05) is 26.0 Å². The first kappa shape index (κ1) is 17.5. The van der Waals surface area contributed by atoms with E-state index in [0.29, 0.717) is 16.3 Å². The van der Waals surface area contributed by atoms with Crippen LogP contribution in [0.1, 0.15) is 21.5 Å². The second-order valence-electron chi connectivity index (χ2n) is 5.05. The highest BCUT2D eigenvalue weighted by molar-refractivity contribution is 9.10. The topological polar surface area (TPSA) is 55.4 Å². The molecule has 6 heteroatoms. The predicted octanol–water partition coefficient (Wildman–Crippen LogP) is 4.51. The lowest BCUT2D eigenvalue weighted by molar-refractivity contribution is -0.119. The van der Waals surface area contributed by atoms with Crippen molar-refractivity contribution in [3.63, 3.8) is 0 Å². The van der Waals surface area contributed by atoms with Gasteiger partial charge in [0.1, 0.15) is 0 Å². The molecule has 0 unspecified atom stereocenters. The molecule has 1 amide bonds. The number of nitrogens with one attached hydrogen (secondary N) is 1. The van der Waals surface area contributed by atoms with Crippen molar-refractivity contribution >= 4 is 45.1 Å². The molecule has 0 aliphatic rings. The molecular weight excluding hydrogens is 382 g/mol. The number of ether oxygens (including phenoxy) is 1. The number of carbonyl (C=O) groups is 2. The van der Waals surface area contributed by atoms with Crippen molar-refractivity contribution in [3.8, 4) is 0 Å². The molecule has 2 aromatic rings. The summed E-state index contributed by atoms with van der Waals surface area (Å²) in [5.74, 6) is -1.01. The maximum absolute atomic E-state index is 11.9. The maximum Gasteiger partial charge on any atom is 0.338 e. The third-order valence-electron chi connectivity index (χ3n) is 3.25. The fourth-order valence-electron chi connectivity index (χ4n) is 1.89. The van der Waals surface area contributed by atoms with Crippen molar-refractivity contribution in [2.24, 2.45) is 0 Å². The van der Waals surface area contributed by atoms with Gasteiger partial charge in [0.15, 0.2) is 6.61 Å². The average Bonchev–Trinajstić information content (AvgIpc) is 2.50. The second kappa shape index (κ2) is 7.62. The zero-order valence-corrected chi connectivity index (χ0v) is 15.0. The van der Waals surface area contributed by atoms with Crippen LogP contribution in [-0.2, 0) is 9.53 Å². The number of halogens is 2. The Kier molecular flexibility index (Phi) is 5.80. The quantitative estimate of drug-likeness (QED) is 0.773. The Bertz CT molecular complexity index is 761. The van der Waals surface area contributed by atoms with Crippen molar-refractivity contribution in [2.75, 3.05) is 11.9 Å². The molecule has 0 bridgehead atoms. The Labute approximate surface area is 147 Å². The van der Waals surface area contributed by atoms with E-state index in [1.54, 1.807) is 18.2 Å². The number of esters is 1. The fraction of sp³-hybridized carbons (Fsp3) is 0.176. The van der Waals surface area contributed by atoms with Crippen LogP contribution in [0.4, 0.5) is 5.69 Å². The van der Waals surface area contributed by atoms with E-state index >= 15 is 0 Å². The molecule has 1 N–H and O–H groups in total. The standard InChI is InChI=1S/C17H15BrClNO3/c1-10-6-14(18)15(7-11(10)2)20-16(21)9-23-17(22)12-4-3-5-13(19)8-12/h3-8H,9H2,1-2H3,(H,20,21). The normalized spacial score (nSPS) is 10.3. The van der Waals surface area contributed by atoms with Gasteiger partial charge in [-0.1, -0.05) is 17.7 Å². The Morgan fingerprint density at radius 1 is 1.17 bits per heavy atom. The van der Waals surface area contributed by atoms with Crippen molar-refractivity contribution in [1.82, 2.24) is 0 Å². The van der Waals surface area contributed by atoms with E-state index in [-0.39, 0.29) is 6.61 Å². The molecule has 0 spiro atoms. The van der Waals surface area contributed by atoms with E-state index in [4.69, 9.17) is 16.3 Å². The molecule has 0 radical (unpaired) electrons. The van der Waals surface area contributed by atoms with Crippen LogP contribution in [-0.4, -0.2) is 18.5 Å². The van der Waals surface area contributed by atoms with Crippen LogP contribution in [0.2, 0.25) is 5.02 Å². The molecule has 0 heterocycles. The van der Waals surface area contributed by atoms with Crippen LogP contribution in [0.5, 0.6) is 0 Å². The van der Waals surface area contributed by atoms with Gasteiger partial charge >= 0.3 is 5.97 Å². The van der Waals surface area contributed by atoms with Gasteiger partial charge in [-0.25, -0.2) is 4.79 Å². The summed E-state index contributed by atoms with van der Waals surface area (Å²) in [5.41, 5.74) is 3.11. The highest BCUT2D eigenvalue weighted by atomic mass is 79.9. The average molecular weight is 397 g/mol. The summed E-state index contributed by atoms with van der Waals surface area (Å²) < 4.78 is 5.76. The molecule has 0 saturated carbocycles. The molecule has 0 fully saturated rings. The van der Waals surface area contributed by atoms with E-state index in [0.717, 1.165) is 15.6 Å². The Morgan fingerprint density at radius 2 is 1.87 bits per heavy atom. The molecule has 0 aromatic heterocycles. The molecule has 0 saturated heterocycles. The minimum Gasteiger partial charge on any atom is -0.452 e. The van der Waals surface area contributed by atoms with Crippen LogP contribution in [0.25, 0.3) is 0 Å². The third-order valence-corrected chi connectivity index (χ3v) is 4.14. The van der Waals surface area contributed by atoms with E-state index in [2.05, 4.69) is 21.2 Å². The van der Waals surface area contributed by atoms with Crippen molar-refractivity contribution in [2.45, 2.75) is 13.8 Å². The molecule has 120 valence electrons. The number of rotatable bonds is 4. The minimum absolute atomic E-state index is 0.303. The number of amides is 1. The van der Waals surface area contributed by atoms with E-state index < -0.39 is 11.9 Å².